The Morgan fingerprint density at radius 2 is 1.68 bits per heavy atom. The maximum absolute atomic E-state index is 13.3. The minimum absolute atomic E-state index is 0.0271. The van der Waals surface area contributed by atoms with Crippen molar-refractivity contribution in [1.29, 1.82) is 0 Å². The van der Waals surface area contributed by atoms with Crippen LogP contribution in [0.5, 0.6) is 0 Å². The predicted octanol–water partition coefficient (Wildman–Crippen LogP) is 4.54. The van der Waals surface area contributed by atoms with Gasteiger partial charge in [0.05, 0.1) is 24.5 Å². The molecule has 2 aromatic heterocycles. The van der Waals surface area contributed by atoms with Gasteiger partial charge in [0.2, 0.25) is 0 Å². The predicted molar refractivity (Wildman–Crippen MR) is 132 cm³/mol. The minimum atomic E-state index is -4.95. The Hall–Kier alpha value is -3.12. The van der Waals surface area contributed by atoms with Gasteiger partial charge in [0.15, 0.2) is 17.8 Å². The lowest BCUT2D eigenvalue weighted by Crippen LogP contribution is -2.37. The molecule has 0 amide bonds. The second kappa shape index (κ2) is 10.3. The Labute approximate surface area is 219 Å². The highest BCUT2D eigenvalue weighted by Gasteiger charge is 2.39. The number of aryl methyl sites for hydroxylation is 1. The number of hydrogen-bond acceptors (Lipinski definition) is 5. The summed E-state index contributed by atoms with van der Waals surface area (Å²) in [6, 6.07) is 13.3. The number of aliphatic hydroxyl groups is 2. The van der Waals surface area contributed by atoms with E-state index in [1.165, 1.54) is 35.9 Å². The van der Waals surface area contributed by atoms with Gasteiger partial charge in [-0.3, -0.25) is 9.13 Å². The highest BCUT2D eigenvalue weighted by atomic mass is 35.5. The Morgan fingerprint density at radius 1 is 1.03 bits per heavy atom. The van der Waals surface area contributed by atoms with Gasteiger partial charge in [-0.25, -0.2) is 14.5 Å². The Bertz CT molecular complexity index is 1480. The first-order valence-corrected chi connectivity index (χ1v) is 11.8. The van der Waals surface area contributed by atoms with Crippen LogP contribution in [0.4, 0.5) is 13.2 Å². The number of benzene rings is 2. The summed E-state index contributed by atoms with van der Waals surface area (Å²) in [5.74, 6) is 0.303. The van der Waals surface area contributed by atoms with Gasteiger partial charge < -0.3 is 10.2 Å². The molecule has 0 spiro atoms. The third-order valence-corrected chi connectivity index (χ3v) is 6.34. The molecule has 4 aromatic rings. The summed E-state index contributed by atoms with van der Waals surface area (Å²) in [5, 5.41) is 24.6. The monoisotopic (exact) mass is 555 g/mol. The lowest BCUT2D eigenvalue weighted by molar-refractivity contribution is -0.207. The van der Waals surface area contributed by atoms with Gasteiger partial charge in [-0.05, 0) is 37.6 Å². The normalized spacial score (nSPS) is 13.6. The van der Waals surface area contributed by atoms with Crippen LogP contribution in [0, 0.1) is 6.92 Å². The molecular formula is C24H22Cl2F3N5O3. The van der Waals surface area contributed by atoms with Gasteiger partial charge in [-0.2, -0.15) is 13.2 Å². The van der Waals surface area contributed by atoms with Gasteiger partial charge in [-0.1, -0.05) is 53.5 Å². The smallest absolute Gasteiger partial charge is 0.385 e. The zero-order valence-corrected chi connectivity index (χ0v) is 21.1. The Morgan fingerprint density at radius 3 is 2.27 bits per heavy atom. The molecule has 0 bridgehead atoms. The second-order valence-electron chi connectivity index (χ2n) is 8.44. The summed E-state index contributed by atoms with van der Waals surface area (Å²) in [5.41, 5.74) is 0.907. The van der Waals surface area contributed by atoms with Crippen LogP contribution in [0.25, 0.3) is 16.9 Å². The van der Waals surface area contributed by atoms with Crippen molar-refractivity contribution >= 4 is 23.2 Å². The molecule has 0 saturated heterocycles. The quantitative estimate of drug-likeness (QED) is 0.349. The number of alkyl halides is 3. The molecule has 2 unspecified atom stereocenters. The highest BCUT2D eigenvalue weighted by molar-refractivity contribution is 6.32. The first-order valence-electron chi connectivity index (χ1n) is 11.1. The summed E-state index contributed by atoms with van der Waals surface area (Å²) >= 11 is 12.5. The summed E-state index contributed by atoms with van der Waals surface area (Å²) in [7, 11) is 0. The number of imidazole rings is 1. The van der Waals surface area contributed by atoms with Crippen LogP contribution in [0.3, 0.4) is 0 Å². The zero-order valence-electron chi connectivity index (χ0n) is 19.6. The van der Waals surface area contributed by atoms with E-state index >= 15 is 0 Å². The van der Waals surface area contributed by atoms with E-state index in [2.05, 4.69) is 10.1 Å². The molecule has 2 aromatic carbocycles. The van der Waals surface area contributed by atoms with E-state index in [1.54, 1.807) is 12.1 Å². The van der Waals surface area contributed by atoms with Crippen molar-refractivity contribution < 1.29 is 23.4 Å². The molecule has 0 fully saturated rings. The summed E-state index contributed by atoms with van der Waals surface area (Å²) in [6.45, 7) is 1.99. The highest BCUT2D eigenvalue weighted by Crippen LogP contribution is 2.31. The van der Waals surface area contributed by atoms with Gasteiger partial charge in [0.25, 0.3) is 0 Å². The van der Waals surface area contributed by atoms with Crippen LogP contribution in [0.2, 0.25) is 10.2 Å². The van der Waals surface area contributed by atoms with Crippen molar-refractivity contribution in [2.75, 3.05) is 0 Å². The Kier molecular flexibility index (Phi) is 7.52. The SMILES string of the molecule is Cc1ccccc1-n1nc(Cn2c(Cl)c(-c3ccc(Cl)cc3)n(CC(O)C(F)(F)F)c2=O)nc1C(C)O. The number of halogens is 5. The molecule has 0 saturated carbocycles. The largest absolute Gasteiger partial charge is 0.416 e. The number of aliphatic hydroxyl groups excluding tert-OH is 2. The van der Waals surface area contributed by atoms with Crippen LogP contribution < -0.4 is 5.69 Å². The van der Waals surface area contributed by atoms with E-state index in [9.17, 15) is 28.2 Å². The fraction of sp³-hybridized carbons (Fsp3) is 0.292. The molecule has 0 aliphatic heterocycles. The molecule has 37 heavy (non-hydrogen) atoms. The van der Waals surface area contributed by atoms with Crippen LogP contribution in [-0.2, 0) is 13.1 Å². The molecule has 13 heteroatoms. The minimum Gasteiger partial charge on any atom is -0.385 e. The van der Waals surface area contributed by atoms with E-state index in [1.807, 2.05) is 19.1 Å². The first-order chi connectivity index (χ1) is 17.4. The van der Waals surface area contributed by atoms with E-state index < -0.39 is 30.6 Å². The van der Waals surface area contributed by atoms with Gasteiger partial charge >= 0.3 is 11.9 Å². The number of rotatable bonds is 7. The summed E-state index contributed by atoms with van der Waals surface area (Å²) in [4.78, 5) is 17.6. The average molecular weight is 556 g/mol. The number of nitrogens with zero attached hydrogens (tertiary/aromatic N) is 5. The van der Waals surface area contributed by atoms with Gasteiger partial charge in [-0.15, -0.1) is 5.10 Å². The van der Waals surface area contributed by atoms with Crippen molar-refractivity contribution in [1.82, 2.24) is 23.9 Å². The van der Waals surface area contributed by atoms with Gasteiger partial charge in [0.1, 0.15) is 11.3 Å². The number of para-hydroxylation sites is 1. The van der Waals surface area contributed by atoms with Crippen LogP contribution in [-0.4, -0.2) is 46.4 Å². The molecule has 196 valence electrons. The molecule has 0 aliphatic rings. The summed E-state index contributed by atoms with van der Waals surface area (Å²) < 4.78 is 42.7. The standard InChI is InChI=1S/C24H22Cl2F3N5O3/c1-13-5-3-4-6-17(13)34-22(14(2)35)30-19(31-34)12-33-21(26)20(15-7-9-16(25)10-8-15)32(23(33)37)11-18(36)24(27,28)29/h3-10,14,18,35-36H,11-12H2,1-2H3. The fourth-order valence-corrected chi connectivity index (χ4v) is 4.33. The van der Waals surface area contributed by atoms with Crippen molar-refractivity contribution in [3.63, 3.8) is 0 Å². The summed E-state index contributed by atoms with van der Waals surface area (Å²) in [6.07, 6.45) is -8.77. The molecule has 8 nitrogen and oxygen atoms in total. The fourth-order valence-electron chi connectivity index (χ4n) is 3.86. The molecule has 2 N–H and O–H groups in total. The average Bonchev–Trinajstić information content (AvgIpc) is 3.35. The maximum Gasteiger partial charge on any atom is 0.416 e. The van der Waals surface area contributed by atoms with Crippen LogP contribution in [0.1, 0.15) is 30.2 Å². The zero-order chi connectivity index (χ0) is 27.1. The molecule has 2 atom stereocenters. The Balaban J connectivity index is 1.83. The van der Waals surface area contributed by atoms with Crippen LogP contribution in [0.15, 0.2) is 53.3 Å². The van der Waals surface area contributed by atoms with Crippen molar-refractivity contribution in [3.05, 3.63) is 86.4 Å². The van der Waals surface area contributed by atoms with Crippen LogP contribution >= 0.6 is 23.2 Å². The van der Waals surface area contributed by atoms with Crippen molar-refractivity contribution in [2.45, 2.75) is 45.3 Å². The molecule has 0 radical (unpaired) electrons. The molecule has 2 heterocycles. The van der Waals surface area contributed by atoms with Gasteiger partial charge in [0, 0.05) is 10.6 Å². The number of aromatic nitrogens is 5. The first kappa shape index (κ1) is 26.9. The topological polar surface area (TPSA) is 98.1 Å². The van der Waals surface area contributed by atoms with E-state index in [0.717, 1.165) is 14.7 Å². The molecule has 4 rings (SSSR count). The molecule has 0 aliphatic carbocycles. The van der Waals surface area contributed by atoms with Crippen molar-refractivity contribution in [3.8, 4) is 16.9 Å². The second-order valence-corrected chi connectivity index (χ2v) is 9.24. The van der Waals surface area contributed by atoms with E-state index in [0.29, 0.717) is 16.3 Å². The lowest BCUT2D eigenvalue weighted by atomic mass is 10.1. The molecular weight excluding hydrogens is 534 g/mol. The third kappa shape index (κ3) is 5.45. The number of hydrogen-bond donors (Lipinski definition) is 2. The lowest BCUT2D eigenvalue weighted by Gasteiger charge is -2.16. The van der Waals surface area contributed by atoms with E-state index in [4.69, 9.17) is 23.2 Å². The van der Waals surface area contributed by atoms with E-state index in [-0.39, 0.29) is 29.0 Å². The van der Waals surface area contributed by atoms with Crippen molar-refractivity contribution in [2.24, 2.45) is 0 Å². The third-order valence-electron chi connectivity index (χ3n) is 5.71. The maximum atomic E-state index is 13.3.